The van der Waals surface area contributed by atoms with Crippen LogP contribution in [0.15, 0.2) is 17.0 Å². The van der Waals surface area contributed by atoms with Crippen molar-refractivity contribution in [2.45, 2.75) is 31.0 Å². The maximum absolute atomic E-state index is 5.75. The fourth-order valence-electron chi connectivity index (χ4n) is 1.31. The van der Waals surface area contributed by atoms with E-state index in [1.54, 1.807) is 18.9 Å². The molecule has 78 valence electrons. The van der Waals surface area contributed by atoms with E-state index >= 15 is 0 Å². The van der Waals surface area contributed by atoms with Gasteiger partial charge in [-0.05, 0) is 44.0 Å². The predicted molar refractivity (Wildman–Crippen MR) is 62.0 cm³/mol. The average molecular weight is 211 g/mol. The van der Waals surface area contributed by atoms with Gasteiger partial charge in [-0.2, -0.15) is 0 Å². The van der Waals surface area contributed by atoms with Gasteiger partial charge in [-0.3, -0.25) is 0 Å². The molecular formula is C11H17NOS. The van der Waals surface area contributed by atoms with E-state index in [9.17, 15) is 0 Å². The first-order valence-corrected chi connectivity index (χ1v) is 5.50. The number of aryl methyl sites for hydroxylation is 2. The number of benzene rings is 1. The normalized spacial score (nSPS) is 12.6. The number of nitrogens with two attached hydrogens (primary N) is 1. The van der Waals surface area contributed by atoms with Crippen LogP contribution in [0.1, 0.15) is 18.1 Å². The Hall–Kier alpha value is -0.670. The molecule has 0 bridgehead atoms. The summed E-state index contributed by atoms with van der Waals surface area (Å²) in [6.45, 7) is 6.11. The van der Waals surface area contributed by atoms with E-state index < -0.39 is 0 Å². The second-order valence-corrected chi connectivity index (χ2v) is 4.83. The van der Waals surface area contributed by atoms with Crippen LogP contribution in [0.4, 0.5) is 0 Å². The zero-order valence-electron chi connectivity index (χ0n) is 9.13. The van der Waals surface area contributed by atoms with E-state index in [0.717, 1.165) is 11.3 Å². The van der Waals surface area contributed by atoms with E-state index in [-0.39, 0.29) is 5.37 Å². The van der Waals surface area contributed by atoms with Gasteiger partial charge in [0.15, 0.2) is 0 Å². The van der Waals surface area contributed by atoms with Crippen molar-refractivity contribution in [1.82, 2.24) is 0 Å². The molecule has 0 spiro atoms. The Morgan fingerprint density at radius 1 is 1.29 bits per heavy atom. The number of hydrogen-bond acceptors (Lipinski definition) is 3. The number of methoxy groups -OCH3 is 1. The molecule has 1 rings (SSSR count). The highest BCUT2D eigenvalue weighted by Crippen LogP contribution is 2.30. The van der Waals surface area contributed by atoms with Gasteiger partial charge in [-0.25, -0.2) is 0 Å². The predicted octanol–water partition coefficient (Wildman–Crippen LogP) is 2.71. The van der Waals surface area contributed by atoms with Crippen LogP contribution in [0.5, 0.6) is 5.75 Å². The monoisotopic (exact) mass is 211 g/mol. The van der Waals surface area contributed by atoms with Crippen LogP contribution >= 0.6 is 11.8 Å². The van der Waals surface area contributed by atoms with Crippen molar-refractivity contribution in [2.24, 2.45) is 5.73 Å². The smallest absolute Gasteiger partial charge is 0.122 e. The topological polar surface area (TPSA) is 35.2 Å². The largest absolute Gasteiger partial charge is 0.496 e. The standard InChI is InChI=1S/C11H17NOS/c1-7-6-11(14-9(3)12)8(2)5-10(7)13-4/h5-6,9H,12H2,1-4H3. The fraction of sp³-hybridized carbons (Fsp3) is 0.455. The molecule has 1 atom stereocenters. The summed E-state index contributed by atoms with van der Waals surface area (Å²) in [6, 6.07) is 4.18. The van der Waals surface area contributed by atoms with Gasteiger partial charge in [0.2, 0.25) is 0 Å². The first kappa shape index (κ1) is 11.4. The van der Waals surface area contributed by atoms with Crippen LogP contribution < -0.4 is 10.5 Å². The molecule has 0 aliphatic carbocycles. The lowest BCUT2D eigenvalue weighted by atomic mass is 10.1. The summed E-state index contributed by atoms with van der Waals surface area (Å²) in [7, 11) is 1.69. The van der Waals surface area contributed by atoms with Crippen LogP contribution in [0, 0.1) is 13.8 Å². The molecule has 0 aliphatic rings. The molecule has 0 saturated heterocycles. The highest BCUT2D eigenvalue weighted by molar-refractivity contribution is 7.99. The summed E-state index contributed by atoms with van der Waals surface area (Å²) >= 11 is 1.68. The van der Waals surface area contributed by atoms with Gasteiger partial charge in [0, 0.05) is 4.90 Å². The summed E-state index contributed by atoms with van der Waals surface area (Å²) < 4.78 is 5.25. The SMILES string of the molecule is COc1cc(C)c(SC(C)N)cc1C. The first-order chi connectivity index (χ1) is 6.54. The molecule has 1 unspecified atom stereocenters. The third-order valence-electron chi connectivity index (χ3n) is 2.01. The van der Waals surface area contributed by atoms with E-state index in [1.807, 2.05) is 13.8 Å². The van der Waals surface area contributed by atoms with E-state index in [0.29, 0.717) is 0 Å². The molecule has 2 N–H and O–H groups in total. The van der Waals surface area contributed by atoms with Crippen LogP contribution in [-0.4, -0.2) is 12.5 Å². The van der Waals surface area contributed by atoms with Gasteiger partial charge in [-0.1, -0.05) is 0 Å². The lowest BCUT2D eigenvalue weighted by Crippen LogP contribution is -2.09. The lowest BCUT2D eigenvalue weighted by molar-refractivity contribution is 0.411. The molecule has 0 aliphatic heterocycles. The highest BCUT2D eigenvalue weighted by atomic mass is 32.2. The van der Waals surface area contributed by atoms with Gasteiger partial charge in [-0.15, -0.1) is 11.8 Å². The fourth-order valence-corrected chi connectivity index (χ4v) is 2.20. The number of thioether (sulfide) groups is 1. The summed E-state index contributed by atoms with van der Waals surface area (Å²) in [5, 5.41) is 0.126. The minimum Gasteiger partial charge on any atom is -0.496 e. The molecule has 0 amide bonds. The van der Waals surface area contributed by atoms with Crippen LogP contribution in [0.25, 0.3) is 0 Å². The Morgan fingerprint density at radius 2 is 1.93 bits per heavy atom. The second kappa shape index (κ2) is 4.71. The Kier molecular flexibility index (Phi) is 3.84. The number of ether oxygens (including phenoxy) is 1. The van der Waals surface area contributed by atoms with Crippen molar-refractivity contribution < 1.29 is 4.74 Å². The second-order valence-electron chi connectivity index (χ2n) is 3.41. The van der Waals surface area contributed by atoms with Gasteiger partial charge in [0.1, 0.15) is 5.75 Å². The molecule has 0 fully saturated rings. The van der Waals surface area contributed by atoms with Crippen molar-refractivity contribution in [3.63, 3.8) is 0 Å². The molecule has 1 aromatic carbocycles. The summed E-state index contributed by atoms with van der Waals surface area (Å²) in [5.41, 5.74) is 8.12. The molecule has 14 heavy (non-hydrogen) atoms. The number of hydrogen-bond donors (Lipinski definition) is 1. The molecule has 0 aromatic heterocycles. The van der Waals surface area contributed by atoms with Crippen LogP contribution in [0.3, 0.4) is 0 Å². The molecular weight excluding hydrogens is 194 g/mol. The lowest BCUT2D eigenvalue weighted by Gasteiger charge is -2.12. The third kappa shape index (κ3) is 2.66. The Bertz CT molecular complexity index is 323. The minimum atomic E-state index is 0.126. The van der Waals surface area contributed by atoms with E-state index in [2.05, 4.69) is 19.1 Å². The Balaban J connectivity index is 3.02. The summed E-state index contributed by atoms with van der Waals surface area (Å²) in [5.74, 6) is 0.941. The van der Waals surface area contributed by atoms with Crippen molar-refractivity contribution in [2.75, 3.05) is 7.11 Å². The molecule has 0 heterocycles. The van der Waals surface area contributed by atoms with Crippen molar-refractivity contribution in [3.8, 4) is 5.75 Å². The minimum absolute atomic E-state index is 0.126. The van der Waals surface area contributed by atoms with E-state index in [4.69, 9.17) is 10.5 Å². The first-order valence-electron chi connectivity index (χ1n) is 4.62. The maximum atomic E-state index is 5.75. The van der Waals surface area contributed by atoms with Gasteiger partial charge >= 0.3 is 0 Å². The molecule has 2 nitrogen and oxygen atoms in total. The molecule has 3 heteroatoms. The summed E-state index contributed by atoms with van der Waals surface area (Å²) in [4.78, 5) is 1.23. The molecule has 0 saturated carbocycles. The zero-order valence-corrected chi connectivity index (χ0v) is 9.94. The Morgan fingerprint density at radius 3 is 2.43 bits per heavy atom. The quantitative estimate of drug-likeness (QED) is 0.616. The van der Waals surface area contributed by atoms with Crippen LogP contribution in [0.2, 0.25) is 0 Å². The van der Waals surface area contributed by atoms with E-state index in [1.165, 1.54) is 10.5 Å². The van der Waals surface area contributed by atoms with Crippen LogP contribution in [-0.2, 0) is 0 Å². The van der Waals surface area contributed by atoms with Gasteiger partial charge in [0.05, 0.1) is 12.5 Å². The highest BCUT2D eigenvalue weighted by Gasteiger charge is 2.06. The van der Waals surface area contributed by atoms with Gasteiger partial charge in [0.25, 0.3) is 0 Å². The Labute approximate surface area is 89.8 Å². The zero-order chi connectivity index (χ0) is 10.7. The molecule has 0 radical (unpaired) electrons. The van der Waals surface area contributed by atoms with Crippen molar-refractivity contribution in [3.05, 3.63) is 23.3 Å². The number of rotatable bonds is 3. The maximum Gasteiger partial charge on any atom is 0.122 e. The summed E-state index contributed by atoms with van der Waals surface area (Å²) in [6.07, 6.45) is 0. The third-order valence-corrected chi connectivity index (χ3v) is 3.07. The van der Waals surface area contributed by atoms with Crippen molar-refractivity contribution >= 4 is 11.8 Å². The molecule has 1 aromatic rings. The average Bonchev–Trinajstić information content (AvgIpc) is 2.10. The van der Waals surface area contributed by atoms with Gasteiger partial charge < -0.3 is 10.5 Å². The van der Waals surface area contributed by atoms with Crippen molar-refractivity contribution in [1.29, 1.82) is 0 Å².